The lowest BCUT2D eigenvalue weighted by atomic mass is 10.1. The molecule has 1 amide bonds. The lowest BCUT2D eigenvalue weighted by Crippen LogP contribution is -2.25. The molecule has 0 saturated carbocycles. The fraction of sp³-hybridized carbons (Fsp3) is 0.333. The molecule has 2 rings (SSSR count). The van der Waals surface area contributed by atoms with Crippen LogP contribution in [0.2, 0.25) is 0 Å². The molecule has 19 heavy (non-hydrogen) atoms. The molecule has 4 nitrogen and oxygen atoms in total. The number of amides is 1. The van der Waals surface area contributed by atoms with Crippen LogP contribution >= 0.6 is 0 Å². The molecule has 1 saturated heterocycles. The molecule has 1 aromatic rings. The summed E-state index contributed by atoms with van der Waals surface area (Å²) in [4.78, 5) is 11.7. The number of hydrogen-bond acceptors (Lipinski definition) is 3. The number of hydrogen-bond donors (Lipinski definition) is 2. The van der Waals surface area contributed by atoms with E-state index < -0.39 is 0 Å². The normalized spacial score (nSPS) is 14.6. The predicted molar refractivity (Wildman–Crippen MR) is 73.2 cm³/mol. The highest BCUT2D eigenvalue weighted by atomic mass is 16.1. The van der Waals surface area contributed by atoms with Crippen molar-refractivity contribution < 1.29 is 4.79 Å². The third-order valence-corrected chi connectivity index (χ3v) is 3.13. The summed E-state index contributed by atoms with van der Waals surface area (Å²) < 4.78 is 0. The van der Waals surface area contributed by atoms with E-state index >= 15 is 0 Å². The monoisotopic (exact) mass is 255 g/mol. The van der Waals surface area contributed by atoms with Crippen LogP contribution < -0.4 is 10.6 Å². The summed E-state index contributed by atoms with van der Waals surface area (Å²) in [5, 5.41) is 14.8. The second-order valence-electron chi connectivity index (χ2n) is 4.58. The van der Waals surface area contributed by atoms with E-state index in [0.717, 1.165) is 31.5 Å². The van der Waals surface area contributed by atoms with Crippen molar-refractivity contribution in [2.45, 2.75) is 19.4 Å². The Morgan fingerprint density at radius 1 is 1.32 bits per heavy atom. The number of rotatable bonds is 3. The maximum atomic E-state index is 11.7. The van der Waals surface area contributed by atoms with Crippen molar-refractivity contribution in [2.75, 3.05) is 13.1 Å². The number of nitrogens with zero attached hydrogens (tertiary/aromatic N) is 1. The van der Waals surface area contributed by atoms with Crippen molar-refractivity contribution in [3.8, 4) is 6.07 Å². The smallest absolute Gasteiger partial charge is 0.244 e. The molecule has 0 atom stereocenters. The van der Waals surface area contributed by atoms with Crippen molar-refractivity contribution in [1.82, 2.24) is 10.6 Å². The predicted octanol–water partition coefficient (Wildman–Crippen LogP) is 1.48. The Kier molecular flexibility index (Phi) is 4.71. The highest BCUT2D eigenvalue weighted by Crippen LogP contribution is 2.09. The summed E-state index contributed by atoms with van der Waals surface area (Å²) in [5.41, 5.74) is 2.83. The molecule has 2 N–H and O–H groups in total. The highest BCUT2D eigenvalue weighted by Gasteiger charge is 2.06. The molecule has 0 spiro atoms. The molecule has 1 aliphatic rings. The van der Waals surface area contributed by atoms with Gasteiger partial charge in [0.15, 0.2) is 0 Å². The third kappa shape index (κ3) is 4.23. The van der Waals surface area contributed by atoms with E-state index in [9.17, 15) is 4.79 Å². The zero-order chi connectivity index (χ0) is 13.5. The summed E-state index contributed by atoms with van der Waals surface area (Å²) in [6, 6.07) is 9.30. The van der Waals surface area contributed by atoms with E-state index in [2.05, 4.69) is 16.7 Å². The van der Waals surface area contributed by atoms with Crippen molar-refractivity contribution >= 4 is 5.91 Å². The van der Waals surface area contributed by atoms with Gasteiger partial charge in [-0.1, -0.05) is 17.7 Å². The van der Waals surface area contributed by atoms with E-state index in [1.165, 1.54) is 5.57 Å². The first-order valence-corrected chi connectivity index (χ1v) is 6.45. The molecule has 1 aliphatic heterocycles. The Bertz CT molecular complexity index is 503. The number of nitriles is 1. The van der Waals surface area contributed by atoms with Crippen LogP contribution in [0.4, 0.5) is 0 Å². The second-order valence-corrected chi connectivity index (χ2v) is 4.58. The first-order chi connectivity index (χ1) is 9.28. The number of carbonyl (C=O) groups excluding carboxylic acids is 1. The Labute approximate surface area is 113 Å². The Morgan fingerprint density at radius 2 is 2.00 bits per heavy atom. The van der Waals surface area contributed by atoms with Crippen LogP contribution in [0.3, 0.4) is 0 Å². The highest BCUT2D eigenvalue weighted by molar-refractivity contribution is 5.88. The standard InChI is InChI=1S/C15H17N3O/c16-10-13-1-3-14(4-2-13)11-18-15(19)9-12-5-7-17-8-6-12/h1-4,9,17H,5-8,11H2,(H,18,19). The molecular weight excluding hydrogens is 238 g/mol. The zero-order valence-electron chi connectivity index (χ0n) is 10.8. The quantitative estimate of drug-likeness (QED) is 0.804. The molecule has 0 unspecified atom stereocenters. The second kappa shape index (κ2) is 6.72. The lowest BCUT2D eigenvalue weighted by Gasteiger charge is -2.14. The molecule has 1 heterocycles. The maximum Gasteiger partial charge on any atom is 0.244 e. The fourth-order valence-corrected chi connectivity index (χ4v) is 2.01. The first kappa shape index (κ1) is 13.3. The van der Waals surface area contributed by atoms with Crippen molar-refractivity contribution in [3.63, 3.8) is 0 Å². The summed E-state index contributed by atoms with van der Waals surface area (Å²) >= 11 is 0. The van der Waals surface area contributed by atoms with Gasteiger partial charge in [0.25, 0.3) is 0 Å². The SMILES string of the molecule is N#Cc1ccc(CNC(=O)C=C2CCNCC2)cc1. The molecule has 0 aliphatic carbocycles. The van der Waals surface area contributed by atoms with E-state index in [0.29, 0.717) is 12.1 Å². The molecular formula is C15H17N3O. The van der Waals surface area contributed by atoms with Crippen LogP contribution in [0.25, 0.3) is 0 Å². The minimum absolute atomic E-state index is 0.0405. The molecule has 4 heteroatoms. The van der Waals surface area contributed by atoms with Crippen LogP contribution in [0.5, 0.6) is 0 Å². The van der Waals surface area contributed by atoms with Gasteiger partial charge < -0.3 is 10.6 Å². The summed E-state index contributed by atoms with van der Waals surface area (Å²) in [7, 11) is 0. The Morgan fingerprint density at radius 3 is 2.63 bits per heavy atom. The summed E-state index contributed by atoms with van der Waals surface area (Å²) in [5.74, 6) is -0.0405. The molecule has 0 radical (unpaired) electrons. The third-order valence-electron chi connectivity index (χ3n) is 3.13. The fourth-order valence-electron chi connectivity index (χ4n) is 2.01. The molecule has 1 fully saturated rings. The lowest BCUT2D eigenvalue weighted by molar-refractivity contribution is -0.116. The van der Waals surface area contributed by atoms with Crippen molar-refractivity contribution in [2.24, 2.45) is 0 Å². The minimum Gasteiger partial charge on any atom is -0.348 e. The average Bonchev–Trinajstić information content (AvgIpc) is 2.47. The van der Waals surface area contributed by atoms with Gasteiger partial charge in [-0.2, -0.15) is 5.26 Å². The van der Waals surface area contributed by atoms with Gasteiger partial charge in [0.2, 0.25) is 5.91 Å². The van der Waals surface area contributed by atoms with Crippen LogP contribution in [0.1, 0.15) is 24.0 Å². The van der Waals surface area contributed by atoms with E-state index in [4.69, 9.17) is 5.26 Å². The van der Waals surface area contributed by atoms with Gasteiger partial charge in [-0.3, -0.25) is 4.79 Å². The minimum atomic E-state index is -0.0405. The largest absolute Gasteiger partial charge is 0.348 e. The molecule has 0 aromatic heterocycles. The van der Waals surface area contributed by atoms with Gasteiger partial charge in [-0.15, -0.1) is 0 Å². The summed E-state index contributed by atoms with van der Waals surface area (Å²) in [6.07, 6.45) is 3.61. The van der Waals surface area contributed by atoms with Crippen LogP contribution in [-0.2, 0) is 11.3 Å². The van der Waals surface area contributed by atoms with Gasteiger partial charge in [0, 0.05) is 12.6 Å². The van der Waals surface area contributed by atoms with Crippen molar-refractivity contribution in [3.05, 3.63) is 47.0 Å². The Hall–Kier alpha value is -2.12. The van der Waals surface area contributed by atoms with Gasteiger partial charge in [-0.25, -0.2) is 0 Å². The van der Waals surface area contributed by atoms with Crippen LogP contribution in [0.15, 0.2) is 35.9 Å². The van der Waals surface area contributed by atoms with Gasteiger partial charge in [-0.05, 0) is 43.6 Å². The Balaban J connectivity index is 1.84. The number of nitrogens with one attached hydrogen (secondary N) is 2. The van der Waals surface area contributed by atoms with Crippen LogP contribution in [-0.4, -0.2) is 19.0 Å². The molecule has 98 valence electrons. The maximum absolute atomic E-state index is 11.7. The average molecular weight is 255 g/mol. The molecule has 1 aromatic carbocycles. The zero-order valence-corrected chi connectivity index (χ0v) is 10.8. The van der Waals surface area contributed by atoms with E-state index in [-0.39, 0.29) is 5.91 Å². The van der Waals surface area contributed by atoms with E-state index in [1.54, 1.807) is 18.2 Å². The van der Waals surface area contributed by atoms with Gasteiger partial charge in [0.05, 0.1) is 11.6 Å². The first-order valence-electron chi connectivity index (χ1n) is 6.45. The van der Waals surface area contributed by atoms with Crippen molar-refractivity contribution in [1.29, 1.82) is 5.26 Å². The summed E-state index contributed by atoms with van der Waals surface area (Å²) in [6.45, 7) is 2.40. The van der Waals surface area contributed by atoms with Gasteiger partial charge >= 0.3 is 0 Å². The number of piperidine rings is 1. The number of carbonyl (C=O) groups is 1. The van der Waals surface area contributed by atoms with E-state index in [1.807, 2.05) is 12.1 Å². The molecule has 0 bridgehead atoms. The number of benzene rings is 1. The van der Waals surface area contributed by atoms with Gasteiger partial charge in [0.1, 0.15) is 0 Å². The van der Waals surface area contributed by atoms with Crippen LogP contribution in [0, 0.1) is 11.3 Å². The topological polar surface area (TPSA) is 64.9 Å².